The molecule has 1 amide bonds. The summed E-state index contributed by atoms with van der Waals surface area (Å²) in [7, 11) is -3.16. The second kappa shape index (κ2) is 8.08. The Hall–Kier alpha value is -2.41. The molecule has 0 radical (unpaired) electrons. The van der Waals surface area contributed by atoms with Crippen molar-refractivity contribution in [3.8, 4) is 5.75 Å². The molecule has 2 aromatic carbocycles. The van der Waals surface area contributed by atoms with Crippen molar-refractivity contribution in [1.82, 2.24) is 4.90 Å². The van der Waals surface area contributed by atoms with Crippen LogP contribution < -0.4 is 4.74 Å². The zero-order valence-corrected chi connectivity index (χ0v) is 15.9. The predicted molar refractivity (Wildman–Crippen MR) is 101 cm³/mol. The lowest BCUT2D eigenvalue weighted by atomic mass is 10.1. The van der Waals surface area contributed by atoms with Crippen molar-refractivity contribution in [2.24, 2.45) is 0 Å². The Balaban J connectivity index is 1.73. The van der Waals surface area contributed by atoms with Crippen LogP contribution in [0.15, 0.2) is 48.5 Å². The first-order valence-electron chi connectivity index (χ1n) is 8.76. The van der Waals surface area contributed by atoms with Crippen LogP contribution in [0.1, 0.15) is 17.5 Å². The average Bonchev–Trinajstić information content (AvgIpc) is 2.98. The minimum atomic E-state index is -3.16. The zero-order chi connectivity index (χ0) is 19.4. The molecule has 7 heteroatoms. The fourth-order valence-corrected chi connectivity index (χ4v) is 4.87. The molecular formula is C20H22FNO4S. The van der Waals surface area contributed by atoms with Gasteiger partial charge in [0.15, 0.2) is 16.4 Å². The van der Waals surface area contributed by atoms with E-state index in [4.69, 9.17) is 4.74 Å². The monoisotopic (exact) mass is 391 g/mol. The van der Waals surface area contributed by atoms with Gasteiger partial charge in [-0.2, -0.15) is 0 Å². The molecule has 144 valence electrons. The highest BCUT2D eigenvalue weighted by molar-refractivity contribution is 7.91. The molecule has 5 nitrogen and oxygen atoms in total. The van der Waals surface area contributed by atoms with Crippen molar-refractivity contribution in [2.45, 2.75) is 25.9 Å². The van der Waals surface area contributed by atoms with E-state index in [9.17, 15) is 17.6 Å². The molecule has 0 unspecified atom stereocenters. The number of sulfone groups is 1. The van der Waals surface area contributed by atoms with Gasteiger partial charge in [0.2, 0.25) is 0 Å². The molecule has 1 saturated heterocycles. The number of ether oxygens (including phenoxy) is 1. The fourth-order valence-electron chi connectivity index (χ4n) is 3.14. The number of carbonyl (C=O) groups excluding carboxylic acids is 1. The quantitative estimate of drug-likeness (QED) is 0.760. The van der Waals surface area contributed by atoms with Crippen molar-refractivity contribution in [3.63, 3.8) is 0 Å². The molecule has 3 rings (SSSR count). The summed E-state index contributed by atoms with van der Waals surface area (Å²) in [5, 5.41) is 0. The van der Waals surface area contributed by atoms with E-state index in [-0.39, 0.29) is 30.6 Å². The molecule has 1 atom stereocenters. The van der Waals surface area contributed by atoms with Crippen molar-refractivity contribution in [2.75, 3.05) is 18.1 Å². The van der Waals surface area contributed by atoms with E-state index in [0.717, 1.165) is 5.56 Å². The minimum Gasteiger partial charge on any atom is -0.484 e. The highest BCUT2D eigenvalue weighted by Gasteiger charge is 2.34. The number of rotatable bonds is 6. The number of carbonyl (C=O) groups is 1. The Morgan fingerprint density at radius 3 is 2.59 bits per heavy atom. The first-order valence-corrected chi connectivity index (χ1v) is 10.6. The lowest BCUT2D eigenvalue weighted by Crippen LogP contribution is -2.43. The van der Waals surface area contributed by atoms with Gasteiger partial charge in [0.1, 0.15) is 11.6 Å². The maximum Gasteiger partial charge on any atom is 0.261 e. The van der Waals surface area contributed by atoms with Crippen LogP contribution in [0.25, 0.3) is 0 Å². The standard InChI is InChI=1S/C20H22FNO4S/c1-15-5-7-19(8-6-15)26-13-20(23)22(18-9-10-27(24,25)14-18)12-16-3-2-4-17(21)11-16/h2-8,11,18H,9-10,12-14H2,1H3/t18-/m1/s1. The van der Waals surface area contributed by atoms with Gasteiger partial charge in [-0.3, -0.25) is 4.79 Å². The summed E-state index contributed by atoms with van der Waals surface area (Å²) < 4.78 is 42.8. The topological polar surface area (TPSA) is 63.7 Å². The summed E-state index contributed by atoms with van der Waals surface area (Å²) >= 11 is 0. The van der Waals surface area contributed by atoms with E-state index < -0.39 is 21.7 Å². The molecule has 1 aliphatic rings. The molecular weight excluding hydrogens is 369 g/mol. The number of halogens is 1. The second-order valence-electron chi connectivity index (χ2n) is 6.81. The van der Waals surface area contributed by atoms with E-state index in [1.54, 1.807) is 24.3 Å². The summed E-state index contributed by atoms with van der Waals surface area (Å²) in [6.45, 7) is 1.90. The fraction of sp³-hybridized carbons (Fsp3) is 0.350. The van der Waals surface area contributed by atoms with Crippen LogP contribution in [0.3, 0.4) is 0 Å². The Bertz CT molecular complexity index is 912. The molecule has 1 fully saturated rings. The summed E-state index contributed by atoms with van der Waals surface area (Å²) in [6.07, 6.45) is 0.383. The zero-order valence-electron chi connectivity index (χ0n) is 15.1. The third-order valence-corrected chi connectivity index (χ3v) is 6.35. The summed E-state index contributed by atoms with van der Waals surface area (Å²) in [4.78, 5) is 14.3. The lowest BCUT2D eigenvalue weighted by Gasteiger charge is -2.28. The van der Waals surface area contributed by atoms with E-state index in [1.165, 1.54) is 17.0 Å². The summed E-state index contributed by atoms with van der Waals surface area (Å²) in [6, 6.07) is 12.9. The van der Waals surface area contributed by atoms with Gasteiger partial charge in [-0.15, -0.1) is 0 Å². The summed E-state index contributed by atoms with van der Waals surface area (Å²) in [5.74, 6) is -0.155. The number of hydrogen-bond acceptors (Lipinski definition) is 4. The van der Waals surface area contributed by atoms with Gasteiger partial charge in [0.25, 0.3) is 5.91 Å². The largest absolute Gasteiger partial charge is 0.484 e. The Labute approximate surface area is 158 Å². The maximum absolute atomic E-state index is 13.5. The third kappa shape index (κ3) is 5.29. The van der Waals surface area contributed by atoms with E-state index in [2.05, 4.69) is 0 Å². The van der Waals surface area contributed by atoms with Crippen molar-refractivity contribution < 1.29 is 22.3 Å². The predicted octanol–water partition coefficient (Wildman–Crippen LogP) is 2.73. The van der Waals surface area contributed by atoms with Gasteiger partial charge in [0, 0.05) is 12.6 Å². The van der Waals surface area contributed by atoms with Crippen molar-refractivity contribution in [3.05, 3.63) is 65.5 Å². The molecule has 0 saturated carbocycles. The van der Waals surface area contributed by atoms with Crippen molar-refractivity contribution >= 4 is 15.7 Å². The molecule has 27 heavy (non-hydrogen) atoms. The SMILES string of the molecule is Cc1ccc(OCC(=O)N(Cc2cccc(F)c2)[C@@H]2CCS(=O)(=O)C2)cc1. The van der Waals surface area contributed by atoms with Crippen LogP contribution in [-0.4, -0.2) is 43.4 Å². The first kappa shape index (κ1) is 19.4. The molecule has 0 aliphatic carbocycles. The number of aryl methyl sites for hydroxylation is 1. The average molecular weight is 391 g/mol. The smallest absolute Gasteiger partial charge is 0.261 e. The number of amides is 1. The number of nitrogens with zero attached hydrogens (tertiary/aromatic N) is 1. The van der Waals surface area contributed by atoms with Crippen LogP contribution in [0.5, 0.6) is 5.75 Å². The Kier molecular flexibility index (Phi) is 5.79. The lowest BCUT2D eigenvalue weighted by molar-refractivity contribution is -0.136. The van der Waals surface area contributed by atoms with Gasteiger partial charge in [-0.1, -0.05) is 29.8 Å². The van der Waals surface area contributed by atoms with Gasteiger partial charge in [-0.25, -0.2) is 12.8 Å². The van der Waals surface area contributed by atoms with Crippen LogP contribution in [0, 0.1) is 12.7 Å². The third-order valence-electron chi connectivity index (χ3n) is 4.59. The van der Waals surface area contributed by atoms with Gasteiger partial charge in [0.05, 0.1) is 11.5 Å². The number of benzene rings is 2. The minimum absolute atomic E-state index is 0.0589. The first-order chi connectivity index (χ1) is 12.8. The van der Waals surface area contributed by atoms with Crippen LogP contribution in [0.2, 0.25) is 0 Å². The second-order valence-corrected chi connectivity index (χ2v) is 9.04. The van der Waals surface area contributed by atoms with Crippen molar-refractivity contribution in [1.29, 1.82) is 0 Å². The highest BCUT2D eigenvalue weighted by Crippen LogP contribution is 2.21. The van der Waals surface area contributed by atoms with Crippen LogP contribution in [0.4, 0.5) is 4.39 Å². The van der Waals surface area contributed by atoms with E-state index in [0.29, 0.717) is 17.7 Å². The van der Waals surface area contributed by atoms with Crippen LogP contribution >= 0.6 is 0 Å². The molecule has 0 bridgehead atoms. The molecule has 1 heterocycles. The maximum atomic E-state index is 13.5. The van der Waals surface area contributed by atoms with E-state index in [1.807, 2.05) is 19.1 Å². The number of hydrogen-bond donors (Lipinski definition) is 0. The van der Waals surface area contributed by atoms with Gasteiger partial charge >= 0.3 is 0 Å². The van der Waals surface area contributed by atoms with Gasteiger partial charge < -0.3 is 9.64 Å². The molecule has 0 spiro atoms. The molecule has 2 aromatic rings. The normalized spacial score (nSPS) is 18.2. The highest BCUT2D eigenvalue weighted by atomic mass is 32.2. The Morgan fingerprint density at radius 2 is 1.96 bits per heavy atom. The molecule has 1 aliphatic heterocycles. The molecule has 0 N–H and O–H groups in total. The van der Waals surface area contributed by atoms with E-state index >= 15 is 0 Å². The molecule has 0 aromatic heterocycles. The van der Waals surface area contributed by atoms with Crippen LogP contribution in [-0.2, 0) is 21.2 Å². The summed E-state index contributed by atoms with van der Waals surface area (Å²) in [5.41, 5.74) is 1.69. The Morgan fingerprint density at radius 1 is 1.22 bits per heavy atom. The van der Waals surface area contributed by atoms with Gasteiger partial charge in [-0.05, 0) is 43.2 Å².